The van der Waals surface area contributed by atoms with Crippen LogP contribution in [-0.2, 0) is 38.9 Å². The smallest absolute Gasteiger partial charge is 0.338 e. The highest BCUT2D eigenvalue weighted by molar-refractivity contribution is 5.90. The summed E-state index contributed by atoms with van der Waals surface area (Å²) in [6, 6.07) is 34.5. The number of carbonyl (C=O) groups excluding carboxylic acids is 1. The first-order valence-corrected chi connectivity index (χ1v) is 18.3. The van der Waals surface area contributed by atoms with Gasteiger partial charge < -0.3 is 38.6 Å². The zero-order chi connectivity index (χ0) is 38.4. The highest BCUT2D eigenvalue weighted by Gasteiger charge is 2.36. The number of esters is 1. The van der Waals surface area contributed by atoms with Crippen LogP contribution in [0.2, 0.25) is 0 Å². The molecule has 55 heavy (non-hydrogen) atoms. The summed E-state index contributed by atoms with van der Waals surface area (Å²) in [5.74, 6) is 1.57. The summed E-state index contributed by atoms with van der Waals surface area (Å²) in [7, 11) is 3.32. The number of benzene rings is 5. The molecule has 1 aliphatic heterocycles. The summed E-state index contributed by atoms with van der Waals surface area (Å²) < 4.78 is 35.5. The Hall–Kier alpha value is -5.69. The Morgan fingerprint density at radius 3 is 2.42 bits per heavy atom. The number of carbonyl (C=O) groups is 1. The third-order valence-corrected chi connectivity index (χ3v) is 9.57. The lowest BCUT2D eigenvalue weighted by Gasteiger charge is -2.38. The van der Waals surface area contributed by atoms with Crippen molar-refractivity contribution in [2.75, 3.05) is 47.1 Å². The predicted molar refractivity (Wildman–Crippen MR) is 206 cm³/mol. The second-order valence-corrected chi connectivity index (χ2v) is 13.2. The Kier molecular flexibility index (Phi) is 13.9. The molecule has 5 aromatic carbocycles. The number of methoxy groups -OCH3 is 2. The Morgan fingerprint density at radius 1 is 0.800 bits per heavy atom. The Bertz CT molecular complexity index is 2020. The average molecular weight is 751 g/mol. The number of hydrogen-bond acceptors (Lipinski definition) is 11. The van der Waals surface area contributed by atoms with Gasteiger partial charge in [-0.3, -0.25) is 0 Å². The number of hydrogen-bond donors (Lipinski definition) is 1. The van der Waals surface area contributed by atoms with E-state index in [2.05, 4.69) is 22.3 Å². The van der Waals surface area contributed by atoms with Crippen molar-refractivity contribution in [3.05, 3.63) is 147 Å². The monoisotopic (exact) mass is 750 g/mol. The molecule has 1 aliphatic rings. The van der Waals surface area contributed by atoms with Crippen molar-refractivity contribution in [3.8, 4) is 17.2 Å². The van der Waals surface area contributed by atoms with Gasteiger partial charge in [-0.15, -0.1) is 10.1 Å². The molecule has 12 nitrogen and oxygen atoms in total. The first-order valence-electron chi connectivity index (χ1n) is 18.3. The highest BCUT2D eigenvalue weighted by Crippen LogP contribution is 2.35. The number of nitrogens with one attached hydrogen (secondary N) is 1. The van der Waals surface area contributed by atoms with Crippen LogP contribution in [0.4, 0.5) is 0 Å². The third kappa shape index (κ3) is 10.7. The van der Waals surface area contributed by atoms with E-state index < -0.39 is 11.1 Å². The largest absolute Gasteiger partial charge is 0.496 e. The van der Waals surface area contributed by atoms with Crippen LogP contribution in [-0.4, -0.2) is 64.3 Å². The minimum Gasteiger partial charge on any atom is -0.496 e. The van der Waals surface area contributed by atoms with Gasteiger partial charge >= 0.3 is 5.97 Å². The molecule has 0 amide bonds. The van der Waals surface area contributed by atoms with Crippen LogP contribution in [0, 0.1) is 16.0 Å². The highest BCUT2D eigenvalue weighted by atomic mass is 16.9. The van der Waals surface area contributed by atoms with Crippen molar-refractivity contribution in [2.45, 2.75) is 38.3 Å². The standard InChI is InChI=1S/C43H46N2O10/c1-49-39-14-6-4-11-35(39)28-51-19-8-20-52-37-17-15-32(16-18-37)42-36(29-54-43(46)34-12-7-9-30(21-34)27-55-45(47)48)24-44-25-41(42)53-26-31-22-33-10-3-5-13-38(33)40(23-31)50-2/h3-7,9-18,21-23,36,41-42,44H,8,19-20,24-29H2,1-2H3. The van der Waals surface area contributed by atoms with Crippen LogP contribution in [0.1, 0.15) is 45.0 Å². The first kappa shape index (κ1) is 39.0. The second kappa shape index (κ2) is 19.6. The van der Waals surface area contributed by atoms with Crippen LogP contribution in [0.3, 0.4) is 0 Å². The molecule has 0 aromatic heterocycles. The van der Waals surface area contributed by atoms with E-state index >= 15 is 0 Å². The summed E-state index contributed by atoms with van der Waals surface area (Å²) >= 11 is 0. The van der Waals surface area contributed by atoms with Gasteiger partial charge in [-0.25, -0.2) is 4.79 Å². The molecule has 0 radical (unpaired) electrons. The van der Waals surface area contributed by atoms with Crippen molar-refractivity contribution in [1.29, 1.82) is 0 Å². The van der Waals surface area contributed by atoms with Crippen molar-refractivity contribution in [3.63, 3.8) is 0 Å². The Balaban J connectivity index is 1.12. The normalized spacial score (nSPS) is 16.7. The molecule has 288 valence electrons. The molecule has 0 bridgehead atoms. The van der Waals surface area contributed by atoms with Gasteiger partial charge in [0.1, 0.15) is 23.9 Å². The van der Waals surface area contributed by atoms with Crippen LogP contribution in [0.25, 0.3) is 10.8 Å². The average Bonchev–Trinajstić information content (AvgIpc) is 3.22. The maximum absolute atomic E-state index is 13.2. The van der Waals surface area contributed by atoms with Crippen molar-refractivity contribution in [1.82, 2.24) is 5.32 Å². The van der Waals surface area contributed by atoms with Crippen molar-refractivity contribution in [2.24, 2.45) is 5.92 Å². The zero-order valence-electron chi connectivity index (χ0n) is 31.0. The summed E-state index contributed by atoms with van der Waals surface area (Å²) in [4.78, 5) is 28.3. The number of rotatable bonds is 19. The fourth-order valence-corrected chi connectivity index (χ4v) is 6.89. The number of piperidine rings is 1. The van der Waals surface area contributed by atoms with Gasteiger partial charge in [-0.1, -0.05) is 66.7 Å². The maximum Gasteiger partial charge on any atom is 0.338 e. The van der Waals surface area contributed by atoms with E-state index in [0.29, 0.717) is 45.1 Å². The molecule has 1 fully saturated rings. The molecule has 5 aromatic rings. The molecular formula is C43H46N2O10. The molecule has 6 rings (SSSR count). The fourth-order valence-electron chi connectivity index (χ4n) is 6.89. The second-order valence-electron chi connectivity index (χ2n) is 13.2. The van der Waals surface area contributed by atoms with E-state index in [1.54, 1.807) is 32.4 Å². The van der Waals surface area contributed by atoms with E-state index in [0.717, 1.165) is 51.1 Å². The van der Waals surface area contributed by atoms with Crippen molar-refractivity contribution < 1.29 is 43.1 Å². The summed E-state index contributed by atoms with van der Waals surface area (Å²) in [6.45, 7) is 2.94. The van der Waals surface area contributed by atoms with E-state index in [-0.39, 0.29) is 36.7 Å². The van der Waals surface area contributed by atoms with E-state index in [4.69, 9.17) is 28.4 Å². The topological polar surface area (TPSA) is 137 Å². The van der Waals surface area contributed by atoms with E-state index in [1.165, 1.54) is 6.07 Å². The molecule has 1 heterocycles. The third-order valence-electron chi connectivity index (χ3n) is 9.57. The maximum atomic E-state index is 13.2. The fraction of sp³-hybridized carbons (Fsp3) is 0.326. The lowest BCUT2D eigenvalue weighted by atomic mass is 9.79. The van der Waals surface area contributed by atoms with Crippen molar-refractivity contribution >= 4 is 16.7 Å². The summed E-state index contributed by atoms with van der Waals surface area (Å²) in [6.07, 6.45) is 0.476. The lowest BCUT2D eigenvalue weighted by molar-refractivity contribution is -0.763. The number of ether oxygens (including phenoxy) is 6. The molecule has 12 heteroatoms. The molecule has 1 N–H and O–H groups in total. The quantitative estimate of drug-likeness (QED) is 0.0394. The summed E-state index contributed by atoms with van der Waals surface area (Å²) in [5.41, 5.74) is 3.80. The zero-order valence-corrected chi connectivity index (χ0v) is 31.0. The van der Waals surface area contributed by atoms with Gasteiger partial charge in [0.25, 0.3) is 5.09 Å². The molecule has 0 saturated carbocycles. The molecule has 1 saturated heterocycles. The molecule has 3 unspecified atom stereocenters. The minimum absolute atomic E-state index is 0.117. The van der Waals surface area contributed by atoms with Crippen LogP contribution in [0.5, 0.6) is 17.2 Å². The van der Waals surface area contributed by atoms with Gasteiger partial charge in [0.05, 0.1) is 58.9 Å². The molecule has 0 spiro atoms. The number of fused-ring (bicyclic) bond motifs is 1. The summed E-state index contributed by atoms with van der Waals surface area (Å²) in [5, 5.41) is 15.4. The van der Waals surface area contributed by atoms with Crippen LogP contribution >= 0.6 is 0 Å². The molecule has 0 aliphatic carbocycles. The van der Waals surface area contributed by atoms with E-state index in [9.17, 15) is 14.9 Å². The van der Waals surface area contributed by atoms with Gasteiger partial charge in [-0.2, -0.15) is 0 Å². The SMILES string of the molecule is COc1ccccc1COCCCOc1ccc(C2C(COC(=O)c3cccc(CO[N+](=O)[O-])c3)CNCC2OCc2cc(OC)c3ccccc3c2)cc1. The van der Waals surface area contributed by atoms with Gasteiger partial charge in [0.15, 0.2) is 0 Å². The van der Waals surface area contributed by atoms with Crippen LogP contribution in [0.15, 0.2) is 109 Å². The Morgan fingerprint density at radius 2 is 1.60 bits per heavy atom. The lowest BCUT2D eigenvalue weighted by Crippen LogP contribution is -2.48. The predicted octanol–water partition coefficient (Wildman–Crippen LogP) is 7.30. The first-order chi connectivity index (χ1) is 26.9. The van der Waals surface area contributed by atoms with Crippen LogP contribution < -0.4 is 19.5 Å². The molecular weight excluding hydrogens is 704 g/mol. The minimum atomic E-state index is -0.865. The number of nitrogens with zero attached hydrogens (tertiary/aromatic N) is 1. The number of para-hydroxylation sites is 1. The molecule has 3 atom stereocenters. The van der Waals surface area contributed by atoms with E-state index in [1.807, 2.05) is 72.8 Å². The van der Waals surface area contributed by atoms with Gasteiger partial charge in [0, 0.05) is 42.3 Å². The Labute approximate surface area is 320 Å². The van der Waals surface area contributed by atoms with Gasteiger partial charge in [-0.05, 0) is 64.5 Å². The van der Waals surface area contributed by atoms with Gasteiger partial charge in [0.2, 0.25) is 0 Å².